The van der Waals surface area contributed by atoms with Gasteiger partial charge in [-0.25, -0.2) is 4.98 Å². The molecule has 6 nitrogen and oxygen atoms in total. The quantitative estimate of drug-likeness (QED) is 0.349. The molecule has 0 spiro atoms. The van der Waals surface area contributed by atoms with E-state index in [0.717, 1.165) is 28.2 Å². The molecule has 0 saturated carbocycles. The predicted molar refractivity (Wildman–Crippen MR) is 134 cm³/mol. The van der Waals surface area contributed by atoms with Crippen molar-refractivity contribution in [3.8, 4) is 11.5 Å². The summed E-state index contributed by atoms with van der Waals surface area (Å²) >= 11 is 6.44. The summed E-state index contributed by atoms with van der Waals surface area (Å²) in [6.45, 7) is 3.69. The van der Waals surface area contributed by atoms with Crippen molar-refractivity contribution in [2.75, 3.05) is 25.2 Å². The monoisotopic (exact) mass is 475 g/mol. The maximum Gasteiger partial charge on any atom is 0.227 e. The van der Waals surface area contributed by atoms with E-state index >= 15 is 0 Å². The zero-order valence-electron chi connectivity index (χ0n) is 19.2. The lowest BCUT2D eigenvalue weighted by molar-refractivity contribution is -0.117. The van der Waals surface area contributed by atoms with Gasteiger partial charge < -0.3 is 18.9 Å². The molecule has 174 valence electrons. The number of carbonyl (C=O) groups is 1. The molecule has 4 aromatic rings. The van der Waals surface area contributed by atoms with Crippen molar-refractivity contribution >= 4 is 34.2 Å². The molecule has 0 bridgehead atoms. The van der Waals surface area contributed by atoms with Gasteiger partial charge in [-0.2, -0.15) is 0 Å². The van der Waals surface area contributed by atoms with Crippen LogP contribution in [-0.2, 0) is 11.3 Å². The van der Waals surface area contributed by atoms with Crippen LogP contribution < -0.4 is 14.4 Å². The first kappa shape index (κ1) is 22.3. The molecule has 7 heteroatoms. The summed E-state index contributed by atoms with van der Waals surface area (Å²) in [5, 5.41) is 0.523. The second-order valence-electron chi connectivity index (χ2n) is 8.50. The first-order valence-electron chi connectivity index (χ1n) is 11.3. The van der Waals surface area contributed by atoms with Crippen LogP contribution in [-0.4, -0.2) is 35.7 Å². The fraction of sp³-hybridized carbons (Fsp3) is 0.259. The Morgan fingerprint density at radius 1 is 1.06 bits per heavy atom. The highest BCUT2D eigenvalue weighted by molar-refractivity contribution is 6.34. The summed E-state index contributed by atoms with van der Waals surface area (Å²) in [5.41, 5.74) is 3.78. The maximum absolute atomic E-state index is 13.0. The number of imidazole rings is 1. The van der Waals surface area contributed by atoms with E-state index in [1.54, 1.807) is 30.2 Å². The minimum absolute atomic E-state index is 0.0229. The maximum atomic E-state index is 13.0. The average Bonchev–Trinajstić information content (AvgIpc) is 3.40. The smallest absolute Gasteiger partial charge is 0.227 e. The first-order valence-corrected chi connectivity index (χ1v) is 11.7. The van der Waals surface area contributed by atoms with Crippen LogP contribution in [0.4, 0.5) is 5.69 Å². The summed E-state index contributed by atoms with van der Waals surface area (Å²) in [6, 6.07) is 21.4. The van der Waals surface area contributed by atoms with Gasteiger partial charge in [0.1, 0.15) is 23.9 Å². The molecular weight excluding hydrogens is 450 g/mol. The standard InChI is InChI=1S/C27H26ClN3O3/c1-18-6-5-7-21(14-18)34-13-12-30-24-9-4-3-8-23(24)29-27(30)19-15-26(32)31(17-19)25-16-20(33-2)10-11-22(25)28/h3-11,14,16,19H,12-13,15,17H2,1-2H3/t19-/m1/s1. The molecule has 1 aliphatic rings. The molecule has 1 amide bonds. The number of aryl methyl sites for hydroxylation is 1. The van der Waals surface area contributed by atoms with E-state index in [4.69, 9.17) is 26.1 Å². The molecule has 5 rings (SSSR count). The van der Waals surface area contributed by atoms with Crippen molar-refractivity contribution < 1.29 is 14.3 Å². The van der Waals surface area contributed by atoms with Gasteiger partial charge in [0, 0.05) is 24.9 Å². The van der Waals surface area contributed by atoms with Crippen molar-refractivity contribution in [3.05, 3.63) is 83.1 Å². The number of rotatable bonds is 7. The third kappa shape index (κ3) is 4.33. The summed E-state index contributed by atoms with van der Waals surface area (Å²) in [4.78, 5) is 19.7. The highest BCUT2D eigenvalue weighted by atomic mass is 35.5. The van der Waals surface area contributed by atoms with Gasteiger partial charge in [-0.3, -0.25) is 4.79 Å². The SMILES string of the molecule is COc1ccc(Cl)c(N2C[C@H](c3nc4ccccc4n3CCOc3cccc(C)c3)CC2=O)c1. The van der Waals surface area contributed by atoms with E-state index in [2.05, 4.69) is 10.6 Å². The van der Waals surface area contributed by atoms with E-state index in [1.807, 2.05) is 49.4 Å². The van der Waals surface area contributed by atoms with E-state index in [9.17, 15) is 4.79 Å². The highest BCUT2D eigenvalue weighted by Gasteiger charge is 2.35. The molecule has 0 N–H and O–H groups in total. The van der Waals surface area contributed by atoms with Gasteiger partial charge in [0.2, 0.25) is 5.91 Å². The third-order valence-electron chi connectivity index (χ3n) is 6.19. The molecule has 0 radical (unpaired) electrons. The number of carbonyl (C=O) groups excluding carboxylic acids is 1. The van der Waals surface area contributed by atoms with Crippen LogP contribution in [0.15, 0.2) is 66.7 Å². The fourth-order valence-electron chi connectivity index (χ4n) is 4.54. The number of ether oxygens (including phenoxy) is 2. The van der Waals surface area contributed by atoms with Crippen molar-refractivity contribution in [1.82, 2.24) is 9.55 Å². The molecule has 3 aromatic carbocycles. The minimum atomic E-state index is -0.0545. The summed E-state index contributed by atoms with van der Waals surface area (Å²) in [7, 11) is 1.60. The lowest BCUT2D eigenvalue weighted by Gasteiger charge is -2.19. The Morgan fingerprint density at radius 2 is 1.91 bits per heavy atom. The van der Waals surface area contributed by atoms with Crippen molar-refractivity contribution in [1.29, 1.82) is 0 Å². The molecule has 2 heterocycles. The first-order chi connectivity index (χ1) is 16.5. The van der Waals surface area contributed by atoms with Crippen molar-refractivity contribution in [2.45, 2.75) is 25.8 Å². The Labute approximate surface area is 203 Å². The number of methoxy groups -OCH3 is 1. The summed E-state index contributed by atoms with van der Waals surface area (Å²) in [5.74, 6) is 2.37. The van der Waals surface area contributed by atoms with Gasteiger partial charge in [0.25, 0.3) is 0 Å². The number of nitrogens with zero attached hydrogens (tertiary/aromatic N) is 3. The number of para-hydroxylation sites is 2. The van der Waals surface area contributed by atoms with Crippen LogP contribution in [0.5, 0.6) is 11.5 Å². The number of amides is 1. The predicted octanol–water partition coefficient (Wildman–Crippen LogP) is 5.61. The van der Waals surface area contributed by atoms with Gasteiger partial charge in [-0.1, -0.05) is 35.9 Å². The Kier molecular flexibility index (Phi) is 6.16. The average molecular weight is 476 g/mol. The Morgan fingerprint density at radius 3 is 2.74 bits per heavy atom. The van der Waals surface area contributed by atoms with Crippen LogP contribution in [0.1, 0.15) is 23.7 Å². The Balaban J connectivity index is 1.42. The minimum Gasteiger partial charge on any atom is -0.497 e. The highest BCUT2D eigenvalue weighted by Crippen LogP contribution is 2.37. The summed E-state index contributed by atoms with van der Waals surface area (Å²) < 4.78 is 13.5. The molecule has 0 aliphatic carbocycles. The Bertz CT molecular complexity index is 1350. The number of benzene rings is 3. The zero-order chi connectivity index (χ0) is 23.7. The number of anilines is 1. The van der Waals surface area contributed by atoms with E-state index in [0.29, 0.717) is 42.6 Å². The number of hydrogen-bond donors (Lipinski definition) is 0. The molecule has 34 heavy (non-hydrogen) atoms. The van der Waals surface area contributed by atoms with Crippen LogP contribution in [0.2, 0.25) is 5.02 Å². The lowest BCUT2D eigenvalue weighted by atomic mass is 10.1. The molecule has 1 aromatic heterocycles. The molecule has 1 atom stereocenters. The normalized spacial score (nSPS) is 15.8. The second-order valence-corrected chi connectivity index (χ2v) is 8.91. The van der Waals surface area contributed by atoms with Crippen LogP contribution in [0.25, 0.3) is 11.0 Å². The third-order valence-corrected chi connectivity index (χ3v) is 6.51. The molecular formula is C27H26ClN3O3. The molecule has 1 fully saturated rings. The van der Waals surface area contributed by atoms with Gasteiger partial charge in [-0.15, -0.1) is 0 Å². The van der Waals surface area contributed by atoms with E-state index < -0.39 is 0 Å². The summed E-state index contributed by atoms with van der Waals surface area (Å²) in [6.07, 6.45) is 0.371. The lowest BCUT2D eigenvalue weighted by Crippen LogP contribution is -2.25. The largest absolute Gasteiger partial charge is 0.497 e. The van der Waals surface area contributed by atoms with Gasteiger partial charge >= 0.3 is 0 Å². The number of halogens is 1. The zero-order valence-corrected chi connectivity index (χ0v) is 20.0. The number of fused-ring (bicyclic) bond motifs is 1. The van der Waals surface area contributed by atoms with Crippen LogP contribution >= 0.6 is 11.6 Å². The molecule has 0 unspecified atom stereocenters. The topological polar surface area (TPSA) is 56.6 Å². The van der Waals surface area contributed by atoms with Crippen molar-refractivity contribution in [2.24, 2.45) is 0 Å². The van der Waals surface area contributed by atoms with Crippen molar-refractivity contribution in [3.63, 3.8) is 0 Å². The van der Waals surface area contributed by atoms with E-state index in [-0.39, 0.29) is 11.8 Å². The fourth-order valence-corrected chi connectivity index (χ4v) is 4.76. The second kappa shape index (κ2) is 9.39. The number of hydrogen-bond acceptors (Lipinski definition) is 4. The van der Waals surface area contributed by atoms with Gasteiger partial charge in [0.05, 0.1) is 35.4 Å². The van der Waals surface area contributed by atoms with Gasteiger partial charge in [0.15, 0.2) is 0 Å². The Hall–Kier alpha value is -3.51. The molecule has 1 saturated heterocycles. The van der Waals surface area contributed by atoms with Crippen LogP contribution in [0.3, 0.4) is 0 Å². The van der Waals surface area contributed by atoms with Gasteiger partial charge in [-0.05, 0) is 48.9 Å². The number of aromatic nitrogens is 2. The van der Waals surface area contributed by atoms with Crippen LogP contribution in [0, 0.1) is 6.92 Å². The molecule has 1 aliphatic heterocycles. The van der Waals surface area contributed by atoms with E-state index in [1.165, 1.54) is 0 Å².